The van der Waals surface area contributed by atoms with E-state index in [4.69, 9.17) is 42.6 Å². The van der Waals surface area contributed by atoms with Crippen LogP contribution in [0.3, 0.4) is 0 Å². The van der Waals surface area contributed by atoms with E-state index in [0.29, 0.717) is 68.9 Å². The molecule has 2 atom stereocenters. The van der Waals surface area contributed by atoms with Gasteiger partial charge in [-0.1, -0.05) is 37.0 Å². The number of ether oxygens (including phenoxy) is 2. The molecule has 2 amide bonds. The zero-order chi connectivity index (χ0) is 24.9. The van der Waals surface area contributed by atoms with Crippen LogP contribution in [0.1, 0.15) is 32.2 Å². The highest BCUT2D eigenvalue weighted by atomic mass is 35.5. The van der Waals surface area contributed by atoms with Crippen molar-refractivity contribution in [2.45, 2.75) is 45.8 Å². The summed E-state index contributed by atoms with van der Waals surface area (Å²) in [6, 6.07) is 5.37. The van der Waals surface area contributed by atoms with Gasteiger partial charge in [-0.2, -0.15) is 0 Å². The number of carbonyl (C=O) groups excluding carboxylic acids is 1. The number of carbonyl (C=O) groups is 1. The fourth-order valence-electron chi connectivity index (χ4n) is 4.59. The number of nitrogens with zero attached hydrogens (tertiary/aromatic N) is 4. The summed E-state index contributed by atoms with van der Waals surface area (Å²) in [6.07, 6.45) is 1.26. The predicted molar refractivity (Wildman–Crippen MR) is 138 cm³/mol. The Morgan fingerprint density at radius 1 is 1.09 bits per heavy atom. The molecule has 2 fully saturated rings. The van der Waals surface area contributed by atoms with Gasteiger partial charge >= 0.3 is 6.03 Å². The van der Waals surface area contributed by atoms with E-state index in [-0.39, 0.29) is 18.2 Å². The molecular formula is C25H33Cl2N5O3. The van der Waals surface area contributed by atoms with Crippen molar-refractivity contribution >= 4 is 35.1 Å². The quantitative estimate of drug-likeness (QED) is 0.576. The summed E-state index contributed by atoms with van der Waals surface area (Å²) in [6.45, 7) is 10.1. The largest absolute Gasteiger partial charge is 0.378 e. The summed E-state index contributed by atoms with van der Waals surface area (Å²) in [5, 5.41) is 4.70. The second kappa shape index (κ2) is 11.7. The average Bonchev–Trinajstić information content (AvgIpc) is 3.26. The molecule has 10 heteroatoms. The molecule has 2 aliphatic rings. The predicted octanol–water partition coefficient (Wildman–Crippen LogP) is 4.53. The molecule has 1 N–H and O–H groups in total. The molecule has 2 aromatic rings. The van der Waals surface area contributed by atoms with Gasteiger partial charge < -0.3 is 24.6 Å². The number of amides is 2. The van der Waals surface area contributed by atoms with Crippen molar-refractivity contribution in [1.82, 2.24) is 19.8 Å². The van der Waals surface area contributed by atoms with Crippen molar-refractivity contribution < 1.29 is 14.3 Å². The molecule has 0 saturated carbocycles. The van der Waals surface area contributed by atoms with Gasteiger partial charge in [-0.25, -0.2) is 14.8 Å². The number of morpholine rings is 1. The summed E-state index contributed by atoms with van der Waals surface area (Å²) < 4.78 is 11.4. The number of hydrogen-bond donors (Lipinski definition) is 1. The number of hydrogen-bond acceptors (Lipinski definition) is 6. The van der Waals surface area contributed by atoms with Crippen LogP contribution in [0.2, 0.25) is 10.0 Å². The Morgan fingerprint density at radius 3 is 2.49 bits per heavy atom. The van der Waals surface area contributed by atoms with Crippen molar-refractivity contribution in [3.63, 3.8) is 0 Å². The fourth-order valence-corrected chi connectivity index (χ4v) is 5.09. The van der Waals surface area contributed by atoms with E-state index in [1.54, 1.807) is 6.07 Å². The van der Waals surface area contributed by atoms with E-state index in [9.17, 15) is 4.79 Å². The lowest BCUT2D eigenvalue weighted by atomic mass is 10.1. The number of halogens is 2. The lowest BCUT2D eigenvalue weighted by Crippen LogP contribution is -2.48. The van der Waals surface area contributed by atoms with Crippen LogP contribution in [0.15, 0.2) is 18.2 Å². The number of aromatic nitrogens is 2. The Bertz CT molecular complexity index is 1050. The lowest BCUT2D eigenvalue weighted by Gasteiger charge is -2.30. The molecular weight excluding hydrogens is 489 g/mol. The highest BCUT2D eigenvalue weighted by Gasteiger charge is 2.38. The number of rotatable bonds is 7. The lowest BCUT2D eigenvalue weighted by molar-refractivity contribution is 0.0402. The molecule has 2 aliphatic heterocycles. The van der Waals surface area contributed by atoms with Gasteiger partial charge in [0.25, 0.3) is 0 Å². The molecule has 8 nitrogen and oxygen atoms in total. The van der Waals surface area contributed by atoms with Gasteiger partial charge in [0.15, 0.2) is 0 Å². The topological polar surface area (TPSA) is 79.8 Å². The van der Waals surface area contributed by atoms with Crippen LogP contribution in [-0.4, -0.2) is 83.9 Å². The minimum atomic E-state index is -0.132. The van der Waals surface area contributed by atoms with Crippen LogP contribution in [-0.2, 0) is 22.3 Å². The minimum Gasteiger partial charge on any atom is -0.378 e. The second-order valence-corrected chi connectivity index (χ2v) is 9.52. The third-order valence-corrected chi connectivity index (χ3v) is 6.97. The number of nitrogens with one attached hydrogen (secondary N) is 1. The molecule has 1 aromatic heterocycles. The Labute approximate surface area is 216 Å². The molecule has 1 aromatic carbocycles. The number of urea groups is 1. The molecule has 0 aliphatic carbocycles. The third-order valence-electron chi connectivity index (χ3n) is 6.42. The van der Waals surface area contributed by atoms with E-state index in [0.717, 1.165) is 28.5 Å². The number of anilines is 1. The molecule has 35 heavy (non-hydrogen) atoms. The summed E-state index contributed by atoms with van der Waals surface area (Å²) in [5.41, 5.74) is 3.28. The Balaban J connectivity index is 1.59. The summed E-state index contributed by atoms with van der Waals surface area (Å²) in [7, 11) is 0. The zero-order valence-electron chi connectivity index (χ0n) is 20.5. The number of benzene rings is 1. The van der Waals surface area contributed by atoms with E-state index < -0.39 is 0 Å². The standard InChI is InChI=1S/C25H33Cl2N5O3/c1-4-19-23(17-8-7-16(26)13-18(17)27)28-20(5-2)24(29-19)30-21-14-32(15-22(21)35-6-3)25(33)31-9-11-34-12-10-31/h7-8,13,21-22H,4-6,9-12,14-15H2,1-3H3,(H,29,30)/t21-,22+/m1/s1. The first-order chi connectivity index (χ1) is 16.9. The highest BCUT2D eigenvalue weighted by molar-refractivity contribution is 6.36. The van der Waals surface area contributed by atoms with Crippen LogP contribution in [0.4, 0.5) is 10.6 Å². The zero-order valence-corrected chi connectivity index (χ0v) is 22.0. The van der Waals surface area contributed by atoms with Crippen molar-refractivity contribution in [2.75, 3.05) is 51.3 Å². The van der Waals surface area contributed by atoms with E-state index in [1.165, 1.54) is 0 Å². The van der Waals surface area contributed by atoms with Crippen molar-refractivity contribution in [2.24, 2.45) is 0 Å². The first-order valence-corrected chi connectivity index (χ1v) is 13.1. The molecule has 2 saturated heterocycles. The fraction of sp³-hybridized carbons (Fsp3) is 0.560. The van der Waals surface area contributed by atoms with Crippen LogP contribution >= 0.6 is 23.2 Å². The second-order valence-electron chi connectivity index (χ2n) is 8.68. The summed E-state index contributed by atoms with van der Waals surface area (Å²) in [5.74, 6) is 0.730. The first kappa shape index (κ1) is 25.9. The average molecular weight is 522 g/mol. The smallest absolute Gasteiger partial charge is 0.320 e. The Morgan fingerprint density at radius 2 is 1.83 bits per heavy atom. The van der Waals surface area contributed by atoms with Crippen LogP contribution in [0, 0.1) is 0 Å². The molecule has 0 spiro atoms. The maximum Gasteiger partial charge on any atom is 0.320 e. The summed E-state index contributed by atoms with van der Waals surface area (Å²) in [4.78, 5) is 26.7. The SMILES string of the molecule is CCO[C@H]1CN(C(=O)N2CCOCC2)C[C@H]1Nc1nc(CC)c(-c2ccc(Cl)cc2Cl)nc1CC. The Kier molecular flexibility index (Phi) is 8.70. The molecule has 0 radical (unpaired) electrons. The highest BCUT2D eigenvalue weighted by Crippen LogP contribution is 2.33. The molecule has 4 rings (SSSR count). The van der Waals surface area contributed by atoms with Gasteiger partial charge in [0, 0.05) is 36.8 Å². The van der Waals surface area contributed by atoms with Gasteiger partial charge in [0.1, 0.15) is 5.82 Å². The van der Waals surface area contributed by atoms with Crippen LogP contribution in [0.5, 0.6) is 0 Å². The van der Waals surface area contributed by atoms with Crippen molar-refractivity contribution in [3.05, 3.63) is 39.6 Å². The maximum absolute atomic E-state index is 13.1. The van der Waals surface area contributed by atoms with Gasteiger partial charge in [-0.3, -0.25) is 0 Å². The number of aryl methyl sites for hydroxylation is 2. The van der Waals surface area contributed by atoms with Gasteiger partial charge in [-0.15, -0.1) is 0 Å². The van der Waals surface area contributed by atoms with E-state index >= 15 is 0 Å². The van der Waals surface area contributed by atoms with E-state index in [2.05, 4.69) is 12.2 Å². The van der Waals surface area contributed by atoms with Crippen molar-refractivity contribution in [3.8, 4) is 11.3 Å². The molecule has 3 heterocycles. The number of likely N-dealkylation sites (tertiary alicyclic amines) is 1. The first-order valence-electron chi connectivity index (χ1n) is 12.3. The third kappa shape index (κ3) is 5.82. The van der Waals surface area contributed by atoms with Gasteiger partial charge in [-0.05, 0) is 38.0 Å². The summed E-state index contributed by atoms with van der Waals surface area (Å²) >= 11 is 12.6. The molecule has 190 valence electrons. The maximum atomic E-state index is 13.1. The monoisotopic (exact) mass is 521 g/mol. The van der Waals surface area contributed by atoms with Gasteiger partial charge in [0.2, 0.25) is 0 Å². The normalized spacial score (nSPS) is 20.4. The minimum absolute atomic E-state index is 0.0334. The van der Waals surface area contributed by atoms with E-state index in [1.807, 2.05) is 35.8 Å². The molecule has 0 bridgehead atoms. The Hall–Kier alpha value is -2.13. The van der Waals surface area contributed by atoms with Crippen LogP contribution in [0.25, 0.3) is 11.3 Å². The van der Waals surface area contributed by atoms with Gasteiger partial charge in [0.05, 0.1) is 54.0 Å². The van der Waals surface area contributed by atoms with Crippen LogP contribution < -0.4 is 5.32 Å². The van der Waals surface area contributed by atoms with Crippen molar-refractivity contribution in [1.29, 1.82) is 0 Å². The molecule has 0 unspecified atom stereocenters.